The maximum atomic E-state index is 13.6. The molecule has 0 unspecified atom stereocenters. The average molecular weight is 425 g/mol. The van der Waals surface area contributed by atoms with Crippen LogP contribution in [0.1, 0.15) is 41.5 Å². The minimum absolute atomic E-state index is 0.0339. The van der Waals surface area contributed by atoms with Gasteiger partial charge in [-0.05, 0) is 57.0 Å². The number of rotatable bonds is 3. The van der Waals surface area contributed by atoms with Crippen molar-refractivity contribution in [3.63, 3.8) is 0 Å². The minimum atomic E-state index is -0.272. The van der Waals surface area contributed by atoms with E-state index in [-0.39, 0.29) is 11.4 Å². The van der Waals surface area contributed by atoms with E-state index in [1.165, 1.54) is 0 Å². The molecule has 1 fully saturated rings. The molecule has 0 aromatic carbocycles. The summed E-state index contributed by atoms with van der Waals surface area (Å²) in [4.78, 5) is 24.7. The fourth-order valence-electron chi connectivity index (χ4n) is 4.97. The average Bonchev–Trinajstić information content (AvgIpc) is 3.28. The SMILES string of the molecule is CCn1nccc1-c1cc2n(c1)-c1cc(-c3cccnc3C)ncc1C1(CC1)N(C)C2=O. The molecule has 0 radical (unpaired) electrons. The smallest absolute Gasteiger partial charge is 0.271 e. The van der Waals surface area contributed by atoms with Crippen LogP contribution in [0.2, 0.25) is 0 Å². The normalized spacial score (nSPS) is 16.1. The molecule has 1 amide bonds. The van der Waals surface area contributed by atoms with Gasteiger partial charge in [0, 0.05) is 60.8 Å². The predicted octanol–water partition coefficient (Wildman–Crippen LogP) is 4.20. The Bertz CT molecular complexity index is 1380. The zero-order chi connectivity index (χ0) is 22.0. The molecule has 1 aliphatic heterocycles. The third-order valence-electron chi connectivity index (χ3n) is 6.95. The van der Waals surface area contributed by atoms with E-state index in [0.29, 0.717) is 5.69 Å². The van der Waals surface area contributed by atoms with Gasteiger partial charge in [0.05, 0.1) is 22.6 Å². The van der Waals surface area contributed by atoms with Gasteiger partial charge >= 0.3 is 0 Å². The van der Waals surface area contributed by atoms with E-state index in [4.69, 9.17) is 4.98 Å². The van der Waals surface area contributed by atoms with E-state index < -0.39 is 0 Å². The third kappa shape index (κ3) is 2.54. The zero-order valence-electron chi connectivity index (χ0n) is 18.4. The summed E-state index contributed by atoms with van der Waals surface area (Å²) in [5.74, 6) is 0.0339. The van der Waals surface area contributed by atoms with Gasteiger partial charge in [0.15, 0.2) is 0 Å². The number of carbonyl (C=O) groups is 1. The number of carbonyl (C=O) groups excluding carboxylic acids is 1. The van der Waals surface area contributed by atoms with Crippen molar-refractivity contribution in [2.45, 2.75) is 38.8 Å². The van der Waals surface area contributed by atoms with Crippen LogP contribution in [0.25, 0.3) is 28.2 Å². The van der Waals surface area contributed by atoms with Crippen LogP contribution >= 0.6 is 0 Å². The van der Waals surface area contributed by atoms with E-state index in [1.807, 2.05) is 58.6 Å². The molecular weight excluding hydrogens is 400 g/mol. The molecule has 0 saturated heterocycles. The molecule has 6 rings (SSSR count). The Morgan fingerprint density at radius 1 is 1.09 bits per heavy atom. The Kier molecular flexibility index (Phi) is 3.93. The van der Waals surface area contributed by atoms with E-state index in [0.717, 1.165) is 58.8 Å². The molecule has 4 aromatic heterocycles. The quantitative estimate of drug-likeness (QED) is 0.494. The minimum Gasteiger partial charge on any atom is -0.331 e. The zero-order valence-corrected chi connectivity index (χ0v) is 18.4. The number of hydrogen-bond donors (Lipinski definition) is 0. The van der Waals surface area contributed by atoms with Crippen LogP contribution in [0.5, 0.6) is 0 Å². The largest absolute Gasteiger partial charge is 0.331 e. The fourth-order valence-corrected chi connectivity index (χ4v) is 4.97. The summed E-state index contributed by atoms with van der Waals surface area (Å²) >= 11 is 0. The number of nitrogens with zero attached hydrogens (tertiary/aromatic N) is 6. The summed E-state index contributed by atoms with van der Waals surface area (Å²) in [5, 5.41) is 4.41. The van der Waals surface area contributed by atoms with Gasteiger partial charge in [0.2, 0.25) is 0 Å². The van der Waals surface area contributed by atoms with E-state index >= 15 is 0 Å². The van der Waals surface area contributed by atoms with E-state index in [2.05, 4.69) is 29.3 Å². The van der Waals surface area contributed by atoms with Gasteiger partial charge in [-0.1, -0.05) is 0 Å². The van der Waals surface area contributed by atoms with Gasteiger partial charge in [-0.15, -0.1) is 0 Å². The Morgan fingerprint density at radius 2 is 1.94 bits per heavy atom. The number of aryl methyl sites for hydroxylation is 2. The molecule has 0 bridgehead atoms. The predicted molar refractivity (Wildman–Crippen MR) is 121 cm³/mol. The molecule has 0 N–H and O–H groups in total. The van der Waals surface area contributed by atoms with Gasteiger partial charge in [-0.25, -0.2) is 0 Å². The Labute approximate surface area is 186 Å². The van der Waals surface area contributed by atoms with Gasteiger partial charge < -0.3 is 9.47 Å². The second-order valence-electron chi connectivity index (χ2n) is 8.64. The molecule has 160 valence electrons. The van der Waals surface area contributed by atoms with Gasteiger partial charge in [-0.3, -0.25) is 19.4 Å². The lowest BCUT2D eigenvalue weighted by atomic mass is 10.0. The highest BCUT2D eigenvalue weighted by Gasteiger charge is 2.53. The van der Waals surface area contributed by atoms with Gasteiger partial charge in [-0.2, -0.15) is 5.10 Å². The van der Waals surface area contributed by atoms with Crippen LogP contribution < -0.4 is 0 Å². The molecule has 5 heterocycles. The van der Waals surface area contributed by atoms with Crippen molar-refractivity contribution in [1.82, 2.24) is 29.2 Å². The van der Waals surface area contributed by atoms with Gasteiger partial charge in [0.1, 0.15) is 5.69 Å². The monoisotopic (exact) mass is 424 g/mol. The highest BCUT2D eigenvalue weighted by molar-refractivity contribution is 5.97. The first-order valence-corrected chi connectivity index (χ1v) is 11.0. The van der Waals surface area contributed by atoms with Crippen molar-refractivity contribution < 1.29 is 4.79 Å². The topological polar surface area (TPSA) is 68.8 Å². The Morgan fingerprint density at radius 3 is 2.69 bits per heavy atom. The molecular formula is C25H24N6O. The fraction of sp³-hybridized carbons (Fsp3) is 0.280. The van der Waals surface area contributed by atoms with Crippen molar-refractivity contribution in [1.29, 1.82) is 0 Å². The molecule has 7 heteroatoms. The first-order chi connectivity index (χ1) is 15.5. The first kappa shape index (κ1) is 19.0. The highest BCUT2D eigenvalue weighted by Crippen LogP contribution is 2.54. The van der Waals surface area contributed by atoms with Crippen LogP contribution in [0.15, 0.2) is 55.1 Å². The van der Waals surface area contributed by atoms with Crippen molar-refractivity contribution >= 4 is 5.91 Å². The van der Waals surface area contributed by atoms with Crippen LogP contribution in [-0.2, 0) is 12.1 Å². The molecule has 4 aromatic rings. The summed E-state index contributed by atoms with van der Waals surface area (Å²) in [6.07, 6.45) is 9.52. The number of hydrogen-bond acceptors (Lipinski definition) is 4. The van der Waals surface area contributed by atoms with Crippen molar-refractivity contribution in [3.05, 3.63) is 72.1 Å². The summed E-state index contributed by atoms with van der Waals surface area (Å²) < 4.78 is 3.99. The molecule has 7 nitrogen and oxygen atoms in total. The van der Waals surface area contributed by atoms with Crippen LogP contribution in [0, 0.1) is 6.92 Å². The second kappa shape index (κ2) is 6.63. The summed E-state index contributed by atoms with van der Waals surface area (Å²) in [6, 6.07) is 10.1. The maximum absolute atomic E-state index is 13.6. The lowest BCUT2D eigenvalue weighted by Crippen LogP contribution is -2.36. The lowest BCUT2D eigenvalue weighted by Gasteiger charge is -2.27. The number of fused-ring (bicyclic) bond motifs is 4. The van der Waals surface area contributed by atoms with Crippen LogP contribution in [-0.4, -0.2) is 42.2 Å². The summed E-state index contributed by atoms with van der Waals surface area (Å²) in [5.41, 5.74) is 7.29. The van der Waals surface area contributed by atoms with E-state index in [1.54, 1.807) is 12.4 Å². The molecule has 1 saturated carbocycles. The Hall–Kier alpha value is -3.74. The van der Waals surface area contributed by atoms with Crippen LogP contribution in [0.3, 0.4) is 0 Å². The third-order valence-corrected chi connectivity index (χ3v) is 6.95. The lowest BCUT2D eigenvalue weighted by molar-refractivity contribution is 0.0705. The molecule has 0 atom stereocenters. The number of amides is 1. The Balaban J connectivity index is 1.60. The molecule has 1 aliphatic carbocycles. The molecule has 2 aliphatic rings. The van der Waals surface area contributed by atoms with Gasteiger partial charge in [0.25, 0.3) is 5.91 Å². The second-order valence-corrected chi connectivity index (χ2v) is 8.64. The summed E-state index contributed by atoms with van der Waals surface area (Å²) in [6.45, 7) is 4.83. The standard InChI is InChI=1S/C25H24N6O/c1-4-31-21(7-11-28-31)17-12-23-24(32)29(3)25(8-9-25)19-14-27-20(13-22(19)30(23)15-17)18-6-5-10-26-16(18)2/h5-7,10-15H,4,8-9H2,1-3H3. The van der Waals surface area contributed by atoms with Crippen molar-refractivity contribution in [3.8, 4) is 28.2 Å². The summed E-state index contributed by atoms with van der Waals surface area (Å²) in [7, 11) is 1.91. The van der Waals surface area contributed by atoms with Crippen molar-refractivity contribution in [2.24, 2.45) is 0 Å². The van der Waals surface area contributed by atoms with Crippen LogP contribution in [0.4, 0.5) is 0 Å². The number of pyridine rings is 2. The first-order valence-electron chi connectivity index (χ1n) is 11.0. The number of aromatic nitrogens is 5. The maximum Gasteiger partial charge on any atom is 0.271 e. The molecule has 32 heavy (non-hydrogen) atoms. The van der Waals surface area contributed by atoms with E-state index in [9.17, 15) is 4.79 Å². The van der Waals surface area contributed by atoms with Crippen molar-refractivity contribution in [2.75, 3.05) is 7.05 Å². The highest BCUT2D eigenvalue weighted by atomic mass is 16.2. The molecule has 1 spiro atoms.